The summed E-state index contributed by atoms with van der Waals surface area (Å²) in [7, 11) is -1.19. The van der Waals surface area contributed by atoms with Gasteiger partial charge in [-0.3, -0.25) is 9.19 Å². The molecular formula is C19H17NOS. The van der Waals surface area contributed by atoms with Crippen LogP contribution in [-0.4, -0.2) is 9.19 Å². The predicted molar refractivity (Wildman–Crippen MR) is 90.1 cm³/mol. The van der Waals surface area contributed by atoms with Gasteiger partial charge < -0.3 is 0 Å². The molecule has 0 saturated heterocycles. The number of pyridine rings is 1. The van der Waals surface area contributed by atoms with E-state index in [1.54, 1.807) is 6.20 Å². The van der Waals surface area contributed by atoms with Crippen LogP contribution in [0.2, 0.25) is 0 Å². The molecule has 0 N–H and O–H groups in total. The van der Waals surface area contributed by atoms with Gasteiger partial charge in [0.25, 0.3) is 0 Å². The first-order valence-corrected chi connectivity index (χ1v) is 8.40. The molecule has 1 aromatic heterocycles. The maximum Gasteiger partial charge on any atom is 0.106 e. The predicted octanol–water partition coefficient (Wildman–Crippen LogP) is 4.29. The van der Waals surface area contributed by atoms with Crippen molar-refractivity contribution < 1.29 is 4.21 Å². The van der Waals surface area contributed by atoms with E-state index < -0.39 is 10.8 Å². The molecule has 0 bridgehead atoms. The van der Waals surface area contributed by atoms with Gasteiger partial charge >= 0.3 is 0 Å². The molecule has 0 saturated carbocycles. The summed E-state index contributed by atoms with van der Waals surface area (Å²) in [5, 5.41) is -0.259. The van der Waals surface area contributed by atoms with Crippen LogP contribution in [0.5, 0.6) is 0 Å². The number of rotatable bonds is 4. The number of benzene rings is 2. The fraction of sp³-hybridized carbons (Fsp3) is 0.105. The smallest absolute Gasteiger partial charge is 0.106 e. The zero-order chi connectivity index (χ0) is 15.4. The van der Waals surface area contributed by atoms with Gasteiger partial charge in [-0.15, -0.1) is 0 Å². The summed E-state index contributed by atoms with van der Waals surface area (Å²) in [5.41, 5.74) is 3.00. The molecule has 0 spiro atoms. The summed E-state index contributed by atoms with van der Waals surface area (Å²) in [6.07, 6.45) is 1.75. The highest BCUT2D eigenvalue weighted by molar-refractivity contribution is 7.85. The third kappa shape index (κ3) is 3.15. The molecular weight excluding hydrogens is 290 g/mol. The molecule has 0 amide bonds. The lowest BCUT2D eigenvalue weighted by Crippen LogP contribution is -2.10. The molecule has 3 aromatic rings. The topological polar surface area (TPSA) is 30.0 Å². The van der Waals surface area contributed by atoms with E-state index in [0.717, 1.165) is 21.7 Å². The Hall–Kier alpha value is -2.26. The Balaban J connectivity index is 2.06. The van der Waals surface area contributed by atoms with Crippen LogP contribution in [0.3, 0.4) is 0 Å². The highest BCUT2D eigenvalue weighted by Gasteiger charge is 2.23. The normalized spacial score (nSPS) is 13.5. The Morgan fingerprint density at radius 3 is 2.18 bits per heavy atom. The van der Waals surface area contributed by atoms with E-state index in [9.17, 15) is 4.21 Å². The van der Waals surface area contributed by atoms with Crippen LogP contribution in [0.25, 0.3) is 0 Å². The lowest BCUT2D eigenvalue weighted by molar-refractivity contribution is 0.677. The van der Waals surface area contributed by atoms with Crippen LogP contribution < -0.4 is 0 Å². The molecule has 0 aliphatic carbocycles. The van der Waals surface area contributed by atoms with Crippen LogP contribution in [0.4, 0.5) is 0 Å². The van der Waals surface area contributed by atoms with Crippen molar-refractivity contribution in [3.63, 3.8) is 0 Å². The van der Waals surface area contributed by atoms with Crippen molar-refractivity contribution in [2.45, 2.75) is 17.1 Å². The van der Waals surface area contributed by atoms with Crippen LogP contribution in [0, 0.1) is 6.92 Å². The van der Waals surface area contributed by atoms with Gasteiger partial charge in [0.15, 0.2) is 0 Å². The van der Waals surface area contributed by atoms with Gasteiger partial charge in [-0.25, -0.2) is 0 Å². The number of nitrogens with zero attached hydrogens (tertiary/aromatic N) is 1. The quantitative estimate of drug-likeness (QED) is 0.720. The molecule has 2 nitrogen and oxygen atoms in total. The Morgan fingerprint density at radius 2 is 1.55 bits per heavy atom. The molecule has 1 unspecified atom stereocenters. The summed E-state index contributed by atoms with van der Waals surface area (Å²) in [5.74, 6) is 0. The molecule has 1 heterocycles. The van der Waals surface area contributed by atoms with Gasteiger partial charge in [0.05, 0.1) is 16.5 Å². The van der Waals surface area contributed by atoms with E-state index >= 15 is 0 Å². The number of hydrogen-bond donors (Lipinski definition) is 0. The lowest BCUT2D eigenvalue weighted by atomic mass is 10.1. The zero-order valence-electron chi connectivity index (χ0n) is 12.3. The second-order valence-electron chi connectivity index (χ2n) is 5.16. The minimum absolute atomic E-state index is 0.259. The Labute approximate surface area is 133 Å². The second-order valence-corrected chi connectivity index (χ2v) is 6.69. The molecule has 22 heavy (non-hydrogen) atoms. The molecule has 0 radical (unpaired) electrons. The summed E-state index contributed by atoms with van der Waals surface area (Å²) in [4.78, 5) is 5.25. The standard InChI is InChI=1S/C19H17NOS/c1-15-10-12-17(13-11-15)22(21)19(16-7-3-2-4-8-16)18-9-5-6-14-20-18/h2-14,19H,1H3/t19-,22?/m0/s1. The molecule has 2 aromatic carbocycles. The Bertz CT molecular complexity index is 715. The van der Waals surface area contributed by atoms with Gasteiger partial charge in [-0.05, 0) is 36.8 Å². The van der Waals surface area contributed by atoms with Crippen molar-refractivity contribution in [2.75, 3.05) is 0 Å². The third-order valence-electron chi connectivity index (χ3n) is 3.53. The van der Waals surface area contributed by atoms with Crippen molar-refractivity contribution >= 4 is 10.8 Å². The van der Waals surface area contributed by atoms with E-state index in [1.807, 2.05) is 79.7 Å². The highest BCUT2D eigenvalue weighted by Crippen LogP contribution is 2.30. The van der Waals surface area contributed by atoms with E-state index in [0.29, 0.717) is 0 Å². The third-order valence-corrected chi connectivity index (χ3v) is 5.20. The molecule has 2 atom stereocenters. The van der Waals surface area contributed by atoms with Crippen molar-refractivity contribution in [2.24, 2.45) is 0 Å². The van der Waals surface area contributed by atoms with Crippen LogP contribution in [-0.2, 0) is 10.8 Å². The SMILES string of the molecule is Cc1ccc(S(=O)[C@@H](c2ccccc2)c2ccccn2)cc1. The first-order valence-electron chi connectivity index (χ1n) is 7.19. The van der Waals surface area contributed by atoms with Gasteiger partial charge in [-0.1, -0.05) is 54.1 Å². The number of aromatic nitrogens is 1. The van der Waals surface area contributed by atoms with Crippen LogP contribution in [0.1, 0.15) is 22.1 Å². The van der Waals surface area contributed by atoms with Gasteiger partial charge in [0.1, 0.15) is 5.25 Å². The molecule has 0 aliphatic heterocycles. The average Bonchev–Trinajstić information content (AvgIpc) is 2.57. The number of hydrogen-bond acceptors (Lipinski definition) is 2. The van der Waals surface area contributed by atoms with Gasteiger partial charge in [0, 0.05) is 11.1 Å². The largest absolute Gasteiger partial charge is 0.260 e. The van der Waals surface area contributed by atoms with Crippen molar-refractivity contribution in [1.29, 1.82) is 0 Å². The fourth-order valence-electron chi connectivity index (χ4n) is 2.37. The number of aryl methyl sites for hydroxylation is 1. The first-order chi connectivity index (χ1) is 10.8. The Morgan fingerprint density at radius 1 is 0.864 bits per heavy atom. The zero-order valence-corrected chi connectivity index (χ0v) is 13.2. The van der Waals surface area contributed by atoms with Crippen LogP contribution >= 0.6 is 0 Å². The molecule has 0 aliphatic rings. The molecule has 0 fully saturated rings. The summed E-state index contributed by atoms with van der Waals surface area (Å²) >= 11 is 0. The van der Waals surface area contributed by atoms with E-state index in [-0.39, 0.29) is 5.25 Å². The fourth-order valence-corrected chi connectivity index (χ4v) is 3.81. The first kappa shape index (κ1) is 14.7. The second kappa shape index (κ2) is 6.67. The lowest BCUT2D eigenvalue weighted by Gasteiger charge is -2.17. The van der Waals surface area contributed by atoms with Gasteiger partial charge in [-0.2, -0.15) is 0 Å². The highest BCUT2D eigenvalue weighted by atomic mass is 32.2. The van der Waals surface area contributed by atoms with E-state index in [4.69, 9.17) is 0 Å². The monoisotopic (exact) mass is 307 g/mol. The van der Waals surface area contributed by atoms with Crippen molar-refractivity contribution in [1.82, 2.24) is 4.98 Å². The molecule has 110 valence electrons. The maximum absolute atomic E-state index is 13.1. The molecule has 3 rings (SSSR count). The van der Waals surface area contributed by atoms with Crippen molar-refractivity contribution in [3.8, 4) is 0 Å². The van der Waals surface area contributed by atoms with Crippen LogP contribution in [0.15, 0.2) is 83.9 Å². The minimum atomic E-state index is -1.19. The Kier molecular flexibility index (Phi) is 4.45. The maximum atomic E-state index is 13.1. The van der Waals surface area contributed by atoms with Crippen molar-refractivity contribution in [3.05, 3.63) is 95.8 Å². The van der Waals surface area contributed by atoms with Gasteiger partial charge in [0.2, 0.25) is 0 Å². The summed E-state index contributed by atoms with van der Waals surface area (Å²) in [6, 6.07) is 23.5. The summed E-state index contributed by atoms with van der Waals surface area (Å²) in [6.45, 7) is 2.03. The van der Waals surface area contributed by atoms with E-state index in [2.05, 4.69) is 4.98 Å². The molecule has 3 heteroatoms. The average molecular weight is 307 g/mol. The summed E-state index contributed by atoms with van der Waals surface area (Å²) < 4.78 is 13.1. The van der Waals surface area contributed by atoms with E-state index in [1.165, 1.54) is 0 Å². The minimum Gasteiger partial charge on any atom is -0.260 e.